The number of carboxylic acid groups (broad SMARTS) is 1. The van der Waals surface area contributed by atoms with Crippen LogP contribution in [-0.2, 0) is 29.1 Å². The second-order valence-corrected chi connectivity index (χ2v) is 11.1. The van der Waals surface area contributed by atoms with E-state index in [9.17, 15) is 14.7 Å². The van der Waals surface area contributed by atoms with Crippen LogP contribution >= 0.6 is 11.3 Å². The van der Waals surface area contributed by atoms with Gasteiger partial charge in [0.15, 0.2) is 0 Å². The third-order valence-electron chi connectivity index (χ3n) is 7.50. The number of nitrogens with zero attached hydrogens (tertiary/aromatic N) is 3. The Kier molecular flexibility index (Phi) is 5.99. The van der Waals surface area contributed by atoms with E-state index in [2.05, 4.69) is 30.5 Å². The van der Waals surface area contributed by atoms with Crippen molar-refractivity contribution in [3.05, 3.63) is 51.0 Å². The quantitative estimate of drug-likeness (QED) is 0.580. The van der Waals surface area contributed by atoms with Crippen LogP contribution in [0.2, 0.25) is 0 Å². The lowest BCUT2D eigenvalue weighted by atomic mass is 9.80. The molecule has 5 rings (SSSR count). The van der Waals surface area contributed by atoms with Gasteiger partial charge in [-0.05, 0) is 81.2 Å². The Hall–Kier alpha value is -2.67. The monoisotopic (exact) mass is 465 g/mol. The van der Waals surface area contributed by atoms with E-state index >= 15 is 0 Å². The average molecular weight is 466 g/mol. The third-order valence-corrected chi connectivity index (χ3v) is 8.51. The molecule has 1 fully saturated rings. The van der Waals surface area contributed by atoms with Crippen LogP contribution in [0.4, 0.5) is 0 Å². The molecule has 3 aromatic heterocycles. The van der Waals surface area contributed by atoms with E-state index in [1.807, 2.05) is 28.5 Å². The summed E-state index contributed by atoms with van der Waals surface area (Å²) in [5.41, 5.74) is 4.86. The van der Waals surface area contributed by atoms with Crippen LogP contribution in [0.3, 0.4) is 0 Å². The fourth-order valence-corrected chi connectivity index (χ4v) is 6.58. The van der Waals surface area contributed by atoms with Crippen LogP contribution in [0.5, 0.6) is 0 Å². The SMILES string of the molecule is Cc1cc(Cn2c3c(c4cccnc42)CCN(C(=O)C[C@H]2CC[C@@H](C(=O)O)CC2)C3)c(C)s1. The molecule has 33 heavy (non-hydrogen) atoms. The van der Waals surface area contributed by atoms with Gasteiger partial charge in [0.25, 0.3) is 0 Å². The number of aromatic nitrogens is 2. The maximum absolute atomic E-state index is 13.2. The summed E-state index contributed by atoms with van der Waals surface area (Å²) in [7, 11) is 0. The highest BCUT2D eigenvalue weighted by molar-refractivity contribution is 7.12. The lowest BCUT2D eigenvalue weighted by molar-refractivity contribution is -0.143. The largest absolute Gasteiger partial charge is 0.481 e. The van der Waals surface area contributed by atoms with Gasteiger partial charge in [0.1, 0.15) is 5.65 Å². The number of aryl methyl sites for hydroxylation is 2. The topological polar surface area (TPSA) is 75.4 Å². The Morgan fingerprint density at radius 2 is 2.00 bits per heavy atom. The van der Waals surface area contributed by atoms with Gasteiger partial charge in [-0.15, -0.1) is 11.3 Å². The number of carboxylic acids is 1. The van der Waals surface area contributed by atoms with Crippen molar-refractivity contribution in [2.45, 2.75) is 65.5 Å². The molecule has 174 valence electrons. The number of carbonyl (C=O) groups is 2. The minimum Gasteiger partial charge on any atom is -0.481 e. The van der Waals surface area contributed by atoms with Gasteiger partial charge in [-0.25, -0.2) is 4.98 Å². The zero-order valence-corrected chi connectivity index (χ0v) is 20.2. The molecule has 3 aromatic rings. The van der Waals surface area contributed by atoms with Gasteiger partial charge in [0, 0.05) is 40.0 Å². The van der Waals surface area contributed by atoms with Gasteiger partial charge >= 0.3 is 5.97 Å². The van der Waals surface area contributed by atoms with E-state index in [1.54, 1.807) is 0 Å². The van der Waals surface area contributed by atoms with Gasteiger partial charge < -0.3 is 14.6 Å². The lowest BCUT2D eigenvalue weighted by Crippen LogP contribution is -2.38. The fourth-order valence-electron chi connectivity index (χ4n) is 5.64. The standard InChI is InChI=1S/C26H31N3O3S/c1-16-12-20(17(2)33-16)14-29-23-15-28(11-9-21(23)22-4-3-10-27-25(22)29)24(30)13-18-5-7-19(8-6-18)26(31)32/h3-4,10,12,18-19H,5-9,11,13-15H2,1-2H3,(H,31,32)/t18-,19+. The summed E-state index contributed by atoms with van der Waals surface area (Å²) in [6.45, 7) is 6.46. The number of pyridine rings is 1. The molecule has 0 atom stereocenters. The molecule has 1 saturated carbocycles. The van der Waals surface area contributed by atoms with E-state index in [0.29, 0.717) is 31.7 Å². The third kappa shape index (κ3) is 4.31. The highest BCUT2D eigenvalue weighted by Crippen LogP contribution is 2.34. The molecular weight excluding hydrogens is 434 g/mol. The Balaban J connectivity index is 1.36. The van der Waals surface area contributed by atoms with Crippen LogP contribution < -0.4 is 0 Å². The molecule has 2 aliphatic rings. The molecule has 0 radical (unpaired) electrons. The molecule has 6 nitrogen and oxygen atoms in total. The van der Waals surface area contributed by atoms with Gasteiger partial charge in [-0.1, -0.05) is 0 Å². The molecule has 7 heteroatoms. The summed E-state index contributed by atoms with van der Waals surface area (Å²) in [6, 6.07) is 6.42. The van der Waals surface area contributed by atoms with Crippen LogP contribution in [-0.4, -0.2) is 38.0 Å². The van der Waals surface area contributed by atoms with Crippen molar-refractivity contribution in [2.24, 2.45) is 11.8 Å². The first-order chi connectivity index (χ1) is 15.9. The summed E-state index contributed by atoms with van der Waals surface area (Å²) in [4.78, 5) is 33.8. The predicted octanol–water partition coefficient (Wildman–Crippen LogP) is 4.93. The number of hydrogen-bond donors (Lipinski definition) is 1. The number of rotatable bonds is 5. The van der Waals surface area contributed by atoms with Crippen LogP contribution in [0, 0.1) is 25.7 Å². The lowest BCUT2D eigenvalue weighted by Gasteiger charge is -2.31. The second kappa shape index (κ2) is 8.93. The molecule has 0 aromatic carbocycles. The zero-order valence-electron chi connectivity index (χ0n) is 19.3. The highest BCUT2D eigenvalue weighted by Gasteiger charge is 2.31. The van der Waals surface area contributed by atoms with Gasteiger partial charge in [0.2, 0.25) is 5.91 Å². The Bertz CT molecular complexity index is 1200. The number of aliphatic carboxylic acids is 1. The molecule has 0 spiro atoms. The Morgan fingerprint density at radius 1 is 1.21 bits per heavy atom. The summed E-state index contributed by atoms with van der Waals surface area (Å²) in [5, 5.41) is 10.4. The van der Waals surface area contributed by atoms with Crippen molar-refractivity contribution in [3.8, 4) is 0 Å². The predicted molar refractivity (Wildman–Crippen MR) is 129 cm³/mol. The van der Waals surface area contributed by atoms with E-state index < -0.39 is 5.97 Å². The summed E-state index contributed by atoms with van der Waals surface area (Å²) >= 11 is 1.83. The molecule has 0 unspecified atom stereocenters. The molecule has 1 aliphatic carbocycles. The van der Waals surface area contributed by atoms with Crippen molar-refractivity contribution in [1.29, 1.82) is 0 Å². The van der Waals surface area contributed by atoms with Crippen molar-refractivity contribution in [3.63, 3.8) is 0 Å². The maximum Gasteiger partial charge on any atom is 0.306 e. The van der Waals surface area contributed by atoms with Crippen molar-refractivity contribution in [1.82, 2.24) is 14.5 Å². The number of hydrogen-bond acceptors (Lipinski definition) is 4. The zero-order chi connectivity index (χ0) is 23.1. The van der Waals surface area contributed by atoms with Crippen molar-refractivity contribution < 1.29 is 14.7 Å². The van der Waals surface area contributed by atoms with E-state index in [-0.39, 0.29) is 11.8 Å². The molecule has 0 saturated heterocycles. The number of thiophene rings is 1. The molecule has 1 amide bonds. The number of carbonyl (C=O) groups excluding carboxylic acids is 1. The minimum absolute atomic E-state index is 0.201. The van der Waals surface area contributed by atoms with Gasteiger partial charge in [0.05, 0.1) is 19.0 Å². The highest BCUT2D eigenvalue weighted by atomic mass is 32.1. The van der Waals surface area contributed by atoms with Crippen LogP contribution in [0.15, 0.2) is 24.4 Å². The first-order valence-corrected chi connectivity index (χ1v) is 12.7. The van der Waals surface area contributed by atoms with Gasteiger partial charge in [-0.3, -0.25) is 9.59 Å². The smallest absolute Gasteiger partial charge is 0.306 e. The second-order valence-electron chi connectivity index (χ2n) is 9.65. The molecule has 4 heterocycles. The first kappa shape index (κ1) is 22.1. The summed E-state index contributed by atoms with van der Waals surface area (Å²) in [6.07, 6.45) is 6.29. The minimum atomic E-state index is -0.694. The molecule has 1 aliphatic heterocycles. The first-order valence-electron chi connectivity index (χ1n) is 11.9. The Morgan fingerprint density at radius 3 is 2.70 bits per heavy atom. The van der Waals surface area contributed by atoms with E-state index in [4.69, 9.17) is 4.98 Å². The van der Waals surface area contributed by atoms with E-state index in [1.165, 1.54) is 32.0 Å². The fraction of sp³-hybridized carbons (Fsp3) is 0.500. The van der Waals surface area contributed by atoms with Crippen molar-refractivity contribution >= 4 is 34.2 Å². The molecule has 1 N–H and O–H groups in total. The van der Waals surface area contributed by atoms with Crippen LogP contribution in [0.25, 0.3) is 11.0 Å². The van der Waals surface area contributed by atoms with E-state index in [0.717, 1.165) is 38.0 Å². The van der Waals surface area contributed by atoms with Crippen LogP contribution in [0.1, 0.15) is 58.7 Å². The maximum atomic E-state index is 13.2. The molecular formula is C26H31N3O3S. The van der Waals surface area contributed by atoms with Gasteiger partial charge in [-0.2, -0.15) is 0 Å². The summed E-state index contributed by atoms with van der Waals surface area (Å²) < 4.78 is 2.32. The normalized spacial score (nSPS) is 20.7. The number of fused-ring (bicyclic) bond motifs is 3. The average Bonchev–Trinajstić information content (AvgIpc) is 3.30. The van der Waals surface area contributed by atoms with Crippen molar-refractivity contribution in [2.75, 3.05) is 6.54 Å². The Labute approximate surface area is 198 Å². The summed E-state index contributed by atoms with van der Waals surface area (Å²) in [5.74, 6) is -0.424. The molecule has 0 bridgehead atoms. The number of amides is 1.